The number of pyridine rings is 1. The highest BCUT2D eigenvalue weighted by Gasteiger charge is 2.37. The molecule has 1 aliphatic heterocycles. The number of alkyl halides is 3. The summed E-state index contributed by atoms with van der Waals surface area (Å²) in [6.07, 6.45) is 3.22. The molecule has 1 fully saturated rings. The molecule has 2 aliphatic rings. The van der Waals surface area contributed by atoms with Gasteiger partial charge in [0, 0.05) is 24.5 Å². The molecular formula is C31H32F3N7O. The number of hydrogen-bond acceptors (Lipinski definition) is 6. The minimum Gasteiger partial charge on any atom is -0.347 e. The van der Waals surface area contributed by atoms with Gasteiger partial charge in [0.25, 0.3) is 11.7 Å². The zero-order chi connectivity index (χ0) is 29.1. The lowest BCUT2D eigenvalue weighted by molar-refractivity contribution is -0.144. The third kappa shape index (κ3) is 6.30. The highest BCUT2D eigenvalue weighted by Crippen LogP contribution is 2.32. The zero-order valence-corrected chi connectivity index (χ0v) is 23.1. The lowest BCUT2D eigenvalue weighted by atomic mass is 10.0. The quantitative estimate of drug-likeness (QED) is 0.275. The summed E-state index contributed by atoms with van der Waals surface area (Å²) in [4.78, 5) is 23.3. The summed E-state index contributed by atoms with van der Waals surface area (Å²) in [7, 11) is 0. The predicted molar refractivity (Wildman–Crippen MR) is 153 cm³/mol. The van der Waals surface area contributed by atoms with E-state index >= 15 is 0 Å². The number of carbonyl (C=O) groups excluding carboxylic acids is 1. The first-order valence-electron chi connectivity index (χ1n) is 14.3. The Balaban J connectivity index is 1.23. The molecule has 1 atom stereocenters. The molecule has 1 aliphatic carbocycles. The van der Waals surface area contributed by atoms with Crippen LogP contribution < -0.4 is 10.6 Å². The number of benzene rings is 2. The normalized spacial score (nSPS) is 17.5. The van der Waals surface area contributed by atoms with E-state index in [4.69, 9.17) is 0 Å². The molecule has 1 saturated heterocycles. The van der Waals surface area contributed by atoms with Gasteiger partial charge in [0.05, 0.1) is 5.69 Å². The standard InChI is InChI=1S/C31H32F3N7O/c32-31(33,34)29-38-30(37-24-11-8-22-9-12-25(13-10-23(22)18-24)40-16-4-5-17-40)41(39-29)26-14-15-35-27(19-26)28(42)36-20-21-6-2-1-3-7-21/h1-3,6-8,11,14-15,18-19,25H,4-5,9-10,12-13,16-17,20H2,(H,36,42)(H,37,38,39). The van der Waals surface area contributed by atoms with Crippen LogP contribution in [0, 0.1) is 0 Å². The van der Waals surface area contributed by atoms with E-state index in [9.17, 15) is 18.0 Å². The Labute approximate surface area is 242 Å². The molecule has 0 bridgehead atoms. The maximum absolute atomic E-state index is 13.7. The zero-order valence-electron chi connectivity index (χ0n) is 23.1. The highest BCUT2D eigenvalue weighted by atomic mass is 19.4. The van der Waals surface area contributed by atoms with E-state index in [2.05, 4.69) is 36.7 Å². The van der Waals surface area contributed by atoms with Crippen molar-refractivity contribution in [1.82, 2.24) is 30.0 Å². The molecule has 1 unspecified atom stereocenters. The largest absolute Gasteiger partial charge is 0.453 e. The van der Waals surface area contributed by atoms with Crippen molar-refractivity contribution in [3.05, 3.63) is 95.1 Å². The fourth-order valence-electron chi connectivity index (χ4n) is 5.81. The van der Waals surface area contributed by atoms with Crippen LogP contribution in [0.1, 0.15) is 58.7 Å². The summed E-state index contributed by atoms with van der Waals surface area (Å²) in [6, 6.07) is 18.8. The summed E-state index contributed by atoms with van der Waals surface area (Å²) < 4.78 is 42.1. The van der Waals surface area contributed by atoms with Crippen LogP contribution in [0.2, 0.25) is 0 Å². The van der Waals surface area contributed by atoms with Gasteiger partial charge in [-0.15, -0.1) is 5.10 Å². The molecule has 0 spiro atoms. The minimum atomic E-state index is -4.75. The molecule has 6 rings (SSSR count). The van der Waals surface area contributed by atoms with E-state index < -0.39 is 17.9 Å². The molecule has 2 N–H and O–H groups in total. The van der Waals surface area contributed by atoms with Crippen LogP contribution in [-0.2, 0) is 25.6 Å². The van der Waals surface area contributed by atoms with Gasteiger partial charge in [0.2, 0.25) is 5.95 Å². The molecule has 4 aromatic rings. The molecule has 1 amide bonds. The third-order valence-corrected chi connectivity index (χ3v) is 7.99. The van der Waals surface area contributed by atoms with Gasteiger partial charge in [-0.25, -0.2) is 0 Å². The van der Waals surface area contributed by atoms with Gasteiger partial charge in [-0.2, -0.15) is 22.8 Å². The van der Waals surface area contributed by atoms with E-state index in [-0.39, 0.29) is 23.9 Å². The van der Waals surface area contributed by atoms with Gasteiger partial charge in [0.1, 0.15) is 5.69 Å². The number of nitrogens with one attached hydrogen (secondary N) is 2. The monoisotopic (exact) mass is 575 g/mol. The van der Waals surface area contributed by atoms with Crippen molar-refractivity contribution in [2.75, 3.05) is 18.4 Å². The molecule has 218 valence electrons. The molecule has 2 aromatic heterocycles. The average molecular weight is 576 g/mol. The maximum atomic E-state index is 13.7. The van der Waals surface area contributed by atoms with Crippen molar-refractivity contribution in [3.8, 4) is 5.69 Å². The molecule has 2 aromatic carbocycles. The summed E-state index contributed by atoms with van der Waals surface area (Å²) in [5.41, 5.74) is 4.29. The summed E-state index contributed by atoms with van der Waals surface area (Å²) in [5, 5.41) is 9.59. The average Bonchev–Trinajstić information content (AvgIpc) is 3.64. The van der Waals surface area contributed by atoms with Gasteiger partial charge >= 0.3 is 6.18 Å². The van der Waals surface area contributed by atoms with Crippen molar-refractivity contribution >= 4 is 17.5 Å². The number of likely N-dealkylation sites (tertiary alicyclic amines) is 1. The van der Waals surface area contributed by atoms with Gasteiger partial charge in [-0.05, 0) is 92.6 Å². The van der Waals surface area contributed by atoms with Crippen LogP contribution >= 0.6 is 0 Å². The van der Waals surface area contributed by atoms with Crippen LogP contribution in [-0.4, -0.2) is 49.7 Å². The third-order valence-electron chi connectivity index (χ3n) is 7.99. The fourth-order valence-corrected chi connectivity index (χ4v) is 5.81. The van der Waals surface area contributed by atoms with Crippen molar-refractivity contribution < 1.29 is 18.0 Å². The van der Waals surface area contributed by atoms with E-state index in [0.717, 1.165) is 49.0 Å². The maximum Gasteiger partial charge on any atom is 0.453 e. The van der Waals surface area contributed by atoms with Gasteiger partial charge in [-0.1, -0.05) is 36.4 Å². The lowest BCUT2D eigenvalue weighted by Gasteiger charge is -2.25. The molecule has 0 radical (unpaired) electrons. The topological polar surface area (TPSA) is 88.0 Å². The fraction of sp³-hybridized carbons (Fsp3) is 0.355. The number of nitrogens with zero attached hydrogens (tertiary/aromatic N) is 5. The number of aryl methyl sites for hydroxylation is 2. The minimum absolute atomic E-state index is 0.0519. The van der Waals surface area contributed by atoms with E-state index in [1.807, 2.05) is 42.5 Å². The first-order valence-corrected chi connectivity index (χ1v) is 14.3. The Hall–Kier alpha value is -4.25. The Morgan fingerprint density at radius 2 is 1.71 bits per heavy atom. The number of halogens is 3. The summed E-state index contributed by atoms with van der Waals surface area (Å²) >= 11 is 0. The molecule has 42 heavy (non-hydrogen) atoms. The molecular weight excluding hydrogens is 543 g/mol. The van der Waals surface area contributed by atoms with Crippen LogP contribution in [0.4, 0.5) is 24.8 Å². The highest BCUT2D eigenvalue weighted by molar-refractivity contribution is 5.92. The van der Waals surface area contributed by atoms with Crippen molar-refractivity contribution in [3.63, 3.8) is 0 Å². The number of fused-ring (bicyclic) bond motifs is 1. The van der Waals surface area contributed by atoms with E-state index in [1.54, 1.807) is 0 Å². The Bertz CT molecular complexity index is 1550. The first kappa shape index (κ1) is 27.9. The number of carbonyl (C=O) groups is 1. The van der Waals surface area contributed by atoms with E-state index in [1.165, 1.54) is 42.3 Å². The second-order valence-corrected chi connectivity index (χ2v) is 10.8. The van der Waals surface area contributed by atoms with Crippen molar-refractivity contribution in [2.45, 2.75) is 57.3 Å². The smallest absolute Gasteiger partial charge is 0.347 e. The van der Waals surface area contributed by atoms with Crippen LogP contribution in [0.5, 0.6) is 0 Å². The number of anilines is 2. The lowest BCUT2D eigenvalue weighted by Crippen LogP contribution is -2.32. The molecule has 0 saturated carbocycles. The summed E-state index contributed by atoms with van der Waals surface area (Å²) in [5.74, 6) is -1.84. The number of hydrogen-bond donors (Lipinski definition) is 2. The van der Waals surface area contributed by atoms with Crippen LogP contribution in [0.15, 0.2) is 66.9 Å². The van der Waals surface area contributed by atoms with E-state index in [0.29, 0.717) is 11.7 Å². The second-order valence-electron chi connectivity index (χ2n) is 10.8. The molecule has 11 heteroatoms. The number of rotatable bonds is 7. The Morgan fingerprint density at radius 1 is 0.952 bits per heavy atom. The SMILES string of the molecule is O=C(NCc1ccccc1)c1cc(-n2nc(C(F)(F)F)nc2Nc2ccc3c(c2)CCC(N2CCCC2)CC3)ccn1. The first-order chi connectivity index (χ1) is 20.3. The van der Waals surface area contributed by atoms with Crippen molar-refractivity contribution in [1.29, 1.82) is 0 Å². The van der Waals surface area contributed by atoms with Gasteiger partial charge in [-0.3, -0.25) is 9.78 Å². The van der Waals surface area contributed by atoms with Crippen LogP contribution in [0.25, 0.3) is 5.69 Å². The second kappa shape index (κ2) is 11.9. The molecule has 8 nitrogen and oxygen atoms in total. The Morgan fingerprint density at radius 3 is 2.48 bits per heavy atom. The number of aromatic nitrogens is 4. The predicted octanol–water partition coefficient (Wildman–Crippen LogP) is 5.70. The summed E-state index contributed by atoms with van der Waals surface area (Å²) in [6.45, 7) is 2.61. The number of amides is 1. The van der Waals surface area contributed by atoms with Crippen LogP contribution in [0.3, 0.4) is 0 Å². The molecule has 3 heterocycles. The Kier molecular flexibility index (Phi) is 7.92. The van der Waals surface area contributed by atoms with Gasteiger partial charge in [0.15, 0.2) is 0 Å². The van der Waals surface area contributed by atoms with Crippen molar-refractivity contribution in [2.24, 2.45) is 0 Å². The van der Waals surface area contributed by atoms with Gasteiger partial charge < -0.3 is 15.5 Å².